The van der Waals surface area contributed by atoms with Crippen LogP contribution in [0.4, 0.5) is 4.39 Å². The van der Waals surface area contributed by atoms with Crippen LogP contribution in [0.15, 0.2) is 36.5 Å². The number of ketones is 1. The summed E-state index contributed by atoms with van der Waals surface area (Å²) in [6.45, 7) is 0. The third-order valence-electron chi connectivity index (χ3n) is 2.40. The van der Waals surface area contributed by atoms with Crippen molar-refractivity contribution in [2.75, 3.05) is 7.11 Å². The Kier molecular flexibility index (Phi) is 3.58. The van der Waals surface area contributed by atoms with E-state index in [0.29, 0.717) is 11.3 Å². The van der Waals surface area contributed by atoms with E-state index < -0.39 is 5.82 Å². The van der Waals surface area contributed by atoms with Crippen LogP contribution in [0.3, 0.4) is 0 Å². The van der Waals surface area contributed by atoms with Crippen LogP contribution in [0.25, 0.3) is 0 Å². The molecule has 92 valence electrons. The van der Waals surface area contributed by atoms with Gasteiger partial charge in [-0.2, -0.15) is 0 Å². The molecule has 1 aromatic carbocycles. The molecular weight excluding hydrogens is 257 g/mol. The van der Waals surface area contributed by atoms with E-state index in [1.165, 1.54) is 37.6 Å². The second kappa shape index (κ2) is 5.14. The van der Waals surface area contributed by atoms with Crippen molar-refractivity contribution in [3.05, 3.63) is 58.6 Å². The van der Waals surface area contributed by atoms with E-state index in [9.17, 15) is 9.18 Å². The maximum Gasteiger partial charge on any atom is 0.198 e. The Morgan fingerprint density at radius 1 is 1.33 bits per heavy atom. The van der Waals surface area contributed by atoms with Crippen LogP contribution in [0.1, 0.15) is 15.9 Å². The molecule has 0 radical (unpaired) electrons. The predicted molar refractivity (Wildman–Crippen MR) is 65.6 cm³/mol. The molecule has 0 unspecified atom stereocenters. The molecule has 0 saturated carbocycles. The molecule has 1 aromatic heterocycles. The Morgan fingerprint density at radius 3 is 2.72 bits per heavy atom. The number of rotatable bonds is 3. The van der Waals surface area contributed by atoms with Crippen LogP contribution in [-0.4, -0.2) is 17.9 Å². The molecule has 1 heterocycles. The lowest BCUT2D eigenvalue weighted by atomic mass is 10.0. The van der Waals surface area contributed by atoms with Crippen molar-refractivity contribution in [1.82, 2.24) is 4.98 Å². The average molecular weight is 266 g/mol. The largest absolute Gasteiger partial charge is 0.496 e. The summed E-state index contributed by atoms with van der Waals surface area (Å²) in [5.41, 5.74) is 0.477. The lowest BCUT2D eigenvalue weighted by molar-refractivity contribution is 0.103. The highest BCUT2D eigenvalue weighted by Crippen LogP contribution is 2.22. The highest BCUT2D eigenvalue weighted by Gasteiger charge is 2.15. The summed E-state index contributed by atoms with van der Waals surface area (Å²) in [5, 5.41) is 0.290. The Balaban J connectivity index is 2.45. The molecule has 2 aromatic rings. The van der Waals surface area contributed by atoms with Crippen LogP contribution in [0.2, 0.25) is 5.15 Å². The van der Waals surface area contributed by atoms with Crippen molar-refractivity contribution in [3.8, 4) is 5.75 Å². The normalized spacial score (nSPS) is 10.2. The van der Waals surface area contributed by atoms with Crippen LogP contribution in [-0.2, 0) is 0 Å². The van der Waals surface area contributed by atoms with Gasteiger partial charge in [0.25, 0.3) is 0 Å². The fourth-order valence-corrected chi connectivity index (χ4v) is 1.64. The lowest BCUT2D eigenvalue weighted by Crippen LogP contribution is -2.05. The third kappa shape index (κ3) is 2.49. The molecule has 0 aliphatic heterocycles. The van der Waals surface area contributed by atoms with Crippen molar-refractivity contribution < 1.29 is 13.9 Å². The zero-order valence-corrected chi connectivity index (χ0v) is 10.2. The van der Waals surface area contributed by atoms with Crippen molar-refractivity contribution in [1.29, 1.82) is 0 Å². The van der Waals surface area contributed by atoms with Gasteiger partial charge in [0.2, 0.25) is 0 Å². The zero-order chi connectivity index (χ0) is 13.1. The van der Waals surface area contributed by atoms with Gasteiger partial charge in [0.05, 0.1) is 12.7 Å². The molecule has 0 N–H and O–H groups in total. The highest BCUT2D eigenvalue weighted by atomic mass is 35.5. The summed E-state index contributed by atoms with van der Waals surface area (Å²) in [5.74, 6) is -0.548. The number of ether oxygens (including phenoxy) is 1. The third-order valence-corrected chi connectivity index (χ3v) is 2.62. The second-order valence-electron chi connectivity index (χ2n) is 3.54. The molecule has 0 bridgehead atoms. The topological polar surface area (TPSA) is 39.2 Å². The Bertz CT molecular complexity index is 584. The molecule has 2 rings (SSSR count). The van der Waals surface area contributed by atoms with Crippen LogP contribution in [0, 0.1) is 5.82 Å². The summed E-state index contributed by atoms with van der Waals surface area (Å²) < 4.78 is 18.2. The number of hydrogen-bond acceptors (Lipinski definition) is 3. The molecule has 0 atom stereocenters. The van der Waals surface area contributed by atoms with Crippen LogP contribution < -0.4 is 4.74 Å². The zero-order valence-electron chi connectivity index (χ0n) is 9.48. The van der Waals surface area contributed by atoms with Gasteiger partial charge in [-0.05, 0) is 30.3 Å². The summed E-state index contributed by atoms with van der Waals surface area (Å²) >= 11 is 5.64. The number of halogens is 2. The van der Waals surface area contributed by atoms with Gasteiger partial charge >= 0.3 is 0 Å². The smallest absolute Gasteiger partial charge is 0.198 e. The van der Waals surface area contributed by atoms with Gasteiger partial charge in [-0.1, -0.05) is 11.6 Å². The summed E-state index contributed by atoms with van der Waals surface area (Å²) in [6, 6.07) is 6.81. The van der Waals surface area contributed by atoms with Crippen molar-refractivity contribution in [2.45, 2.75) is 0 Å². The van der Waals surface area contributed by atoms with Crippen molar-refractivity contribution >= 4 is 17.4 Å². The minimum absolute atomic E-state index is 0.154. The Morgan fingerprint density at radius 2 is 2.11 bits per heavy atom. The van der Waals surface area contributed by atoms with Gasteiger partial charge in [-0.15, -0.1) is 0 Å². The van der Waals surface area contributed by atoms with Gasteiger partial charge in [-0.25, -0.2) is 9.37 Å². The summed E-state index contributed by atoms with van der Waals surface area (Å²) in [4.78, 5) is 16.0. The lowest BCUT2D eigenvalue weighted by Gasteiger charge is -2.07. The number of pyridine rings is 1. The number of hydrogen-bond donors (Lipinski definition) is 0. The minimum Gasteiger partial charge on any atom is -0.496 e. The maximum absolute atomic E-state index is 13.2. The Labute approximate surface area is 108 Å². The molecular formula is C13H9ClFNO2. The fourth-order valence-electron chi connectivity index (χ4n) is 1.52. The summed E-state index contributed by atoms with van der Waals surface area (Å²) in [7, 11) is 1.42. The van der Waals surface area contributed by atoms with E-state index in [4.69, 9.17) is 16.3 Å². The van der Waals surface area contributed by atoms with Gasteiger partial charge in [-0.3, -0.25) is 4.79 Å². The fraction of sp³-hybridized carbons (Fsp3) is 0.0769. The van der Waals surface area contributed by atoms with E-state index in [0.717, 1.165) is 6.07 Å². The predicted octanol–water partition coefficient (Wildman–Crippen LogP) is 3.11. The Hall–Kier alpha value is -1.94. The SMILES string of the molecule is COc1ccc(F)cc1C(=O)c1ccc(Cl)nc1. The van der Waals surface area contributed by atoms with E-state index in [-0.39, 0.29) is 16.5 Å². The van der Waals surface area contributed by atoms with E-state index >= 15 is 0 Å². The van der Waals surface area contributed by atoms with E-state index in [1.807, 2.05) is 0 Å². The molecule has 3 nitrogen and oxygen atoms in total. The monoisotopic (exact) mass is 265 g/mol. The summed E-state index contributed by atoms with van der Waals surface area (Å²) in [6.07, 6.45) is 1.34. The molecule has 0 aliphatic carbocycles. The number of aromatic nitrogens is 1. The van der Waals surface area contributed by atoms with Crippen LogP contribution >= 0.6 is 11.6 Å². The highest BCUT2D eigenvalue weighted by molar-refractivity contribution is 6.29. The van der Waals surface area contributed by atoms with E-state index in [1.54, 1.807) is 0 Å². The molecule has 0 aliphatic rings. The van der Waals surface area contributed by atoms with Crippen molar-refractivity contribution in [2.24, 2.45) is 0 Å². The molecule has 0 saturated heterocycles. The molecule has 18 heavy (non-hydrogen) atoms. The first-order valence-electron chi connectivity index (χ1n) is 5.11. The number of nitrogens with zero attached hydrogens (tertiary/aromatic N) is 1. The number of carbonyl (C=O) groups excluding carboxylic acids is 1. The number of methoxy groups -OCH3 is 1. The molecule has 0 fully saturated rings. The van der Waals surface area contributed by atoms with Crippen molar-refractivity contribution in [3.63, 3.8) is 0 Å². The standard InChI is InChI=1S/C13H9ClFNO2/c1-18-11-4-3-9(15)6-10(11)13(17)8-2-5-12(14)16-7-8/h2-7H,1H3. The minimum atomic E-state index is -0.499. The number of carbonyl (C=O) groups is 1. The van der Waals surface area contributed by atoms with Gasteiger partial charge in [0.15, 0.2) is 5.78 Å². The maximum atomic E-state index is 13.2. The molecule has 0 amide bonds. The molecule has 0 spiro atoms. The first kappa shape index (κ1) is 12.5. The van der Waals surface area contributed by atoms with Gasteiger partial charge in [0.1, 0.15) is 16.7 Å². The number of benzene rings is 1. The quantitative estimate of drug-likeness (QED) is 0.632. The first-order valence-corrected chi connectivity index (χ1v) is 5.49. The average Bonchev–Trinajstić information content (AvgIpc) is 2.39. The molecule has 5 heteroatoms. The van der Waals surface area contributed by atoms with Gasteiger partial charge in [0, 0.05) is 11.8 Å². The second-order valence-corrected chi connectivity index (χ2v) is 3.93. The van der Waals surface area contributed by atoms with Gasteiger partial charge < -0.3 is 4.74 Å². The first-order chi connectivity index (χ1) is 8.61. The van der Waals surface area contributed by atoms with Crippen LogP contribution in [0.5, 0.6) is 5.75 Å². The van der Waals surface area contributed by atoms with E-state index in [2.05, 4.69) is 4.98 Å².